The van der Waals surface area contributed by atoms with Crippen molar-refractivity contribution in [1.82, 2.24) is 0 Å². The third-order valence-electron chi connectivity index (χ3n) is 4.72. The zero-order chi connectivity index (χ0) is 23.4. The van der Waals surface area contributed by atoms with Gasteiger partial charge in [-0.15, -0.1) is 0 Å². The smallest absolute Gasteiger partial charge is 0.270 e. The molecule has 0 N–H and O–H groups in total. The summed E-state index contributed by atoms with van der Waals surface area (Å²) in [4.78, 5) is 15.0. The molecule has 0 aliphatic carbocycles. The number of benzene rings is 3. The highest BCUT2D eigenvalue weighted by atomic mass is 35.5. The molecule has 0 atom stereocenters. The Kier molecular flexibility index (Phi) is 7.60. The van der Waals surface area contributed by atoms with Gasteiger partial charge in [0.05, 0.1) is 15.6 Å². The Hall–Kier alpha value is -2.51. The van der Waals surface area contributed by atoms with Gasteiger partial charge in [-0.2, -0.15) is 0 Å². The third-order valence-corrected chi connectivity index (χ3v) is 6.52. The van der Waals surface area contributed by atoms with Gasteiger partial charge in [0.25, 0.3) is 5.91 Å². The Balaban J connectivity index is 1.52. The summed E-state index contributed by atoms with van der Waals surface area (Å²) < 4.78 is 12.1. The molecule has 1 amide bonds. The highest BCUT2D eigenvalue weighted by Gasteiger charge is 2.33. The number of aryl methyl sites for hydroxylation is 1. The molecule has 3 aromatic rings. The van der Waals surface area contributed by atoms with Crippen molar-refractivity contribution in [1.29, 1.82) is 0 Å². The fourth-order valence-corrected chi connectivity index (χ4v) is 5.11. The average molecular weight is 516 g/mol. The van der Waals surface area contributed by atoms with Gasteiger partial charge >= 0.3 is 0 Å². The van der Waals surface area contributed by atoms with Gasteiger partial charge < -0.3 is 9.47 Å². The summed E-state index contributed by atoms with van der Waals surface area (Å²) in [5.74, 6) is 0.991. The maximum absolute atomic E-state index is 13.1. The molecule has 4 nitrogen and oxygen atoms in total. The number of amides is 1. The van der Waals surface area contributed by atoms with Crippen LogP contribution in [0, 0.1) is 6.92 Å². The second-order valence-corrected chi connectivity index (χ2v) is 9.69. The minimum atomic E-state index is -0.207. The molecule has 0 saturated carbocycles. The second kappa shape index (κ2) is 10.6. The largest absolute Gasteiger partial charge is 0.490 e. The lowest BCUT2D eigenvalue weighted by Gasteiger charge is -2.14. The molecule has 8 heteroatoms. The number of carbonyl (C=O) groups is 1. The fourth-order valence-electron chi connectivity index (χ4n) is 3.26. The number of nitrogens with zero attached hydrogens (tertiary/aromatic N) is 1. The minimum Gasteiger partial charge on any atom is -0.490 e. The molecule has 0 unspecified atom stereocenters. The summed E-state index contributed by atoms with van der Waals surface area (Å²) in [6.45, 7) is 2.60. The lowest BCUT2D eigenvalue weighted by atomic mass is 10.1. The summed E-state index contributed by atoms with van der Waals surface area (Å²) in [5, 5.41) is 0.788. The lowest BCUT2D eigenvalue weighted by Crippen LogP contribution is -2.27. The molecule has 1 aliphatic heterocycles. The summed E-state index contributed by atoms with van der Waals surface area (Å²) in [6, 6.07) is 20.4. The van der Waals surface area contributed by atoms with Crippen LogP contribution in [-0.2, 0) is 4.79 Å². The zero-order valence-electron chi connectivity index (χ0n) is 17.6. The predicted octanol–water partition coefficient (Wildman–Crippen LogP) is 7.17. The first-order valence-electron chi connectivity index (χ1n) is 10.1. The number of para-hydroxylation sites is 1. The first kappa shape index (κ1) is 23.6. The lowest BCUT2D eigenvalue weighted by molar-refractivity contribution is -0.113. The first-order chi connectivity index (χ1) is 15.9. The first-order valence-corrected chi connectivity index (χ1v) is 12.0. The topological polar surface area (TPSA) is 38.8 Å². The van der Waals surface area contributed by atoms with Gasteiger partial charge in [0.2, 0.25) is 0 Å². The van der Waals surface area contributed by atoms with Crippen LogP contribution in [0.5, 0.6) is 11.5 Å². The van der Waals surface area contributed by atoms with Crippen LogP contribution in [0.1, 0.15) is 11.1 Å². The van der Waals surface area contributed by atoms with Crippen molar-refractivity contribution in [3.8, 4) is 11.5 Å². The van der Waals surface area contributed by atoms with E-state index in [1.807, 2.05) is 61.5 Å². The summed E-state index contributed by atoms with van der Waals surface area (Å²) in [7, 11) is 0. The van der Waals surface area contributed by atoms with Crippen molar-refractivity contribution in [3.63, 3.8) is 0 Å². The molecular formula is C25H19Cl2NO3S2. The number of hydrogen-bond donors (Lipinski definition) is 0. The van der Waals surface area contributed by atoms with Gasteiger partial charge in [-0.3, -0.25) is 9.69 Å². The van der Waals surface area contributed by atoms with Crippen LogP contribution >= 0.6 is 47.2 Å². The molecule has 1 aliphatic rings. The molecule has 33 heavy (non-hydrogen) atoms. The molecule has 4 rings (SSSR count). The molecule has 3 aromatic carbocycles. The van der Waals surface area contributed by atoms with Gasteiger partial charge in [-0.25, -0.2) is 0 Å². The quantitative estimate of drug-likeness (QED) is 0.189. The maximum Gasteiger partial charge on any atom is 0.270 e. The molecule has 0 aromatic heterocycles. The van der Waals surface area contributed by atoms with E-state index >= 15 is 0 Å². The number of hydrogen-bond acceptors (Lipinski definition) is 5. The monoisotopic (exact) mass is 515 g/mol. The number of ether oxygens (including phenoxy) is 2. The summed E-state index contributed by atoms with van der Waals surface area (Å²) in [5.41, 5.74) is 2.43. The third kappa shape index (κ3) is 5.71. The number of anilines is 1. The van der Waals surface area contributed by atoms with Crippen LogP contribution < -0.4 is 14.4 Å². The van der Waals surface area contributed by atoms with E-state index in [2.05, 4.69) is 0 Å². The average Bonchev–Trinajstić information content (AvgIpc) is 3.06. The number of thiocarbonyl (C=S) groups is 1. The van der Waals surface area contributed by atoms with Crippen LogP contribution in [0.15, 0.2) is 71.6 Å². The Morgan fingerprint density at radius 3 is 2.52 bits per heavy atom. The number of carbonyl (C=O) groups excluding carboxylic acids is 1. The standard InChI is InChI=1S/C25H19Cl2NO3S2/c1-16-6-5-9-20(12-16)30-10-11-31-23-17(13-18(26)15-21(23)27)14-22-24(29)28(25(32)33-22)19-7-3-2-4-8-19/h2-9,12-15H,10-11H2,1H3/b22-14+. The van der Waals surface area contributed by atoms with Crippen molar-refractivity contribution >= 4 is 69.2 Å². The Morgan fingerprint density at radius 2 is 1.76 bits per heavy atom. The Bertz CT molecular complexity index is 1230. The molecule has 0 spiro atoms. The van der Waals surface area contributed by atoms with E-state index in [1.54, 1.807) is 18.2 Å². The molecule has 0 radical (unpaired) electrons. The zero-order valence-corrected chi connectivity index (χ0v) is 20.7. The van der Waals surface area contributed by atoms with Crippen LogP contribution in [0.4, 0.5) is 5.69 Å². The van der Waals surface area contributed by atoms with Crippen molar-refractivity contribution < 1.29 is 14.3 Å². The highest BCUT2D eigenvalue weighted by molar-refractivity contribution is 8.27. The van der Waals surface area contributed by atoms with E-state index in [4.69, 9.17) is 44.9 Å². The SMILES string of the molecule is Cc1cccc(OCCOc2c(Cl)cc(Cl)cc2/C=C2/SC(=S)N(c3ccccc3)C2=O)c1. The van der Waals surface area contributed by atoms with Crippen LogP contribution in [0.25, 0.3) is 6.08 Å². The van der Waals surface area contributed by atoms with E-state index in [-0.39, 0.29) is 12.5 Å². The molecule has 0 bridgehead atoms. The van der Waals surface area contributed by atoms with E-state index in [9.17, 15) is 4.79 Å². The molecule has 1 fully saturated rings. The minimum absolute atomic E-state index is 0.207. The predicted molar refractivity (Wildman–Crippen MR) is 141 cm³/mol. The van der Waals surface area contributed by atoms with Crippen molar-refractivity contribution in [2.24, 2.45) is 0 Å². The molecule has 1 saturated heterocycles. The molecule has 1 heterocycles. The van der Waals surface area contributed by atoms with Gasteiger partial charge in [-0.05, 0) is 55.0 Å². The van der Waals surface area contributed by atoms with E-state index < -0.39 is 0 Å². The summed E-state index contributed by atoms with van der Waals surface area (Å²) >= 11 is 19.3. The maximum atomic E-state index is 13.1. The number of halogens is 2. The van der Waals surface area contributed by atoms with Gasteiger partial charge in [0.15, 0.2) is 4.32 Å². The van der Waals surface area contributed by atoms with Gasteiger partial charge in [0, 0.05) is 10.6 Å². The van der Waals surface area contributed by atoms with Crippen molar-refractivity contribution in [2.75, 3.05) is 18.1 Å². The summed E-state index contributed by atoms with van der Waals surface area (Å²) in [6.07, 6.45) is 1.71. The van der Waals surface area contributed by atoms with Crippen LogP contribution in [0.3, 0.4) is 0 Å². The van der Waals surface area contributed by atoms with E-state index in [0.717, 1.165) is 17.0 Å². The van der Waals surface area contributed by atoms with Crippen LogP contribution in [0.2, 0.25) is 10.0 Å². The van der Waals surface area contributed by atoms with Crippen LogP contribution in [-0.4, -0.2) is 23.4 Å². The Labute approximate surface area is 212 Å². The number of rotatable bonds is 7. The van der Waals surface area contributed by atoms with Gasteiger partial charge in [0.1, 0.15) is 24.7 Å². The van der Waals surface area contributed by atoms with Gasteiger partial charge in [-0.1, -0.05) is 77.5 Å². The highest BCUT2D eigenvalue weighted by Crippen LogP contribution is 2.39. The van der Waals surface area contributed by atoms with E-state index in [1.165, 1.54) is 16.7 Å². The second-order valence-electron chi connectivity index (χ2n) is 7.17. The van der Waals surface area contributed by atoms with E-state index in [0.29, 0.717) is 37.2 Å². The molecular weight excluding hydrogens is 497 g/mol. The fraction of sp³-hybridized carbons (Fsp3) is 0.120. The normalized spacial score (nSPS) is 14.8. The Morgan fingerprint density at radius 1 is 1.00 bits per heavy atom. The number of thioether (sulfide) groups is 1. The van der Waals surface area contributed by atoms with Crippen molar-refractivity contribution in [3.05, 3.63) is 92.8 Å². The molecule has 168 valence electrons. The van der Waals surface area contributed by atoms with Crippen molar-refractivity contribution in [2.45, 2.75) is 6.92 Å².